The van der Waals surface area contributed by atoms with E-state index >= 15 is 0 Å². The smallest absolute Gasteiger partial charge is 0.276 e. The monoisotopic (exact) mass is 330 g/mol. The number of carbonyl (C=O) groups is 1. The van der Waals surface area contributed by atoms with Crippen LogP contribution in [0.25, 0.3) is 5.69 Å². The molecule has 0 spiro atoms. The van der Waals surface area contributed by atoms with Crippen molar-refractivity contribution < 1.29 is 14.6 Å². The maximum Gasteiger partial charge on any atom is 0.276 e. The number of aliphatic hydroxyl groups excluding tert-OH is 1. The van der Waals surface area contributed by atoms with E-state index in [9.17, 15) is 9.90 Å². The van der Waals surface area contributed by atoms with Crippen LogP contribution in [0.3, 0.4) is 0 Å². The minimum absolute atomic E-state index is 0.230. The lowest BCUT2D eigenvalue weighted by Crippen LogP contribution is -2.35. The van der Waals surface area contributed by atoms with E-state index in [-0.39, 0.29) is 5.91 Å². The molecule has 1 aliphatic carbocycles. The van der Waals surface area contributed by atoms with Gasteiger partial charge in [-0.25, -0.2) is 4.68 Å². The summed E-state index contributed by atoms with van der Waals surface area (Å²) in [5.41, 5.74) is 1.77. The van der Waals surface area contributed by atoms with Crippen molar-refractivity contribution >= 4 is 5.91 Å². The first kappa shape index (κ1) is 16.4. The highest BCUT2D eigenvalue weighted by atomic mass is 16.5. The van der Waals surface area contributed by atoms with Crippen LogP contribution in [0.15, 0.2) is 24.3 Å². The quantitative estimate of drug-likeness (QED) is 0.866. The zero-order chi connectivity index (χ0) is 17.3. The van der Waals surface area contributed by atoms with Gasteiger partial charge in [0.15, 0.2) is 5.69 Å². The van der Waals surface area contributed by atoms with Gasteiger partial charge in [0.05, 0.1) is 24.6 Å². The maximum absolute atomic E-state index is 12.6. The van der Waals surface area contributed by atoms with Crippen LogP contribution in [0, 0.1) is 12.8 Å². The standard InChI is InChI=1S/C17H22N4O3/c1-11-16(17(23)20(2)10-15(22)12-4-5-12)18-19-21(11)13-6-8-14(24-3)9-7-13/h6-9,12,15,22H,4-5,10H2,1-3H3. The van der Waals surface area contributed by atoms with E-state index in [1.165, 1.54) is 4.90 Å². The molecule has 7 nitrogen and oxygen atoms in total. The molecule has 1 aromatic carbocycles. The van der Waals surface area contributed by atoms with Crippen LogP contribution >= 0.6 is 0 Å². The molecule has 0 aliphatic heterocycles. The van der Waals surface area contributed by atoms with E-state index in [2.05, 4.69) is 10.3 Å². The first-order chi connectivity index (χ1) is 11.5. The molecule has 1 unspecified atom stereocenters. The average molecular weight is 330 g/mol. The second kappa shape index (κ2) is 6.60. The van der Waals surface area contributed by atoms with Crippen molar-refractivity contribution in [1.29, 1.82) is 0 Å². The van der Waals surface area contributed by atoms with Crippen molar-refractivity contribution in [2.75, 3.05) is 20.7 Å². The SMILES string of the molecule is COc1ccc(-n2nnc(C(=O)N(C)CC(O)C3CC3)c2C)cc1. The van der Waals surface area contributed by atoms with Crippen molar-refractivity contribution in [1.82, 2.24) is 19.9 Å². The molecule has 0 saturated heterocycles. The number of methoxy groups -OCH3 is 1. The lowest BCUT2D eigenvalue weighted by molar-refractivity contribution is 0.0639. The summed E-state index contributed by atoms with van der Waals surface area (Å²) in [6, 6.07) is 7.37. The van der Waals surface area contributed by atoms with E-state index in [1.807, 2.05) is 31.2 Å². The first-order valence-electron chi connectivity index (χ1n) is 8.01. The Balaban J connectivity index is 1.76. The third-order valence-electron chi connectivity index (χ3n) is 4.39. The highest BCUT2D eigenvalue weighted by Gasteiger charge is 2.32. The lowest BCUT2D eigenvalue weighted by atomic mass is 10.2. The number of carbonyl (C=O) groups excluding carboxylic acids is 1. The maximum atomic E-state index is 12.6. The van der Waals surface area contributed by atoms with Gasteiger partial charge in [-0.05, 0) is 49.9 Å². The molecule has 1 atom stereocenters. The predicted molar refractivity (Wildman–Crippen MR) is 88.3 cm³/mol. The van der Waals surface area contributed by atoms with E-state index in [4.69, 9.17) is 4.74 Å². The summed E-state index contributed by atoms with van der Waals surface area (Å²) < 4.78 is 6.76. The van der Waals surface area contributed by atoms with Crippen molar-refractivity contribution in [2.45, 2.75) is 25.9 Å². The number of hydrogen-bond donors (Lipinski definition) is 1. The Morgan fingerprint density at radius 3 is 2.67 bits per heavy atom. The Bertz CT molecular complexity index is 722. The van der Waals surface area contributed by atoms with Crippen LogP contribution in [-0.2, 0) is 0 Å². The largest absolute Gasteiger partial charge is 0.497 e. The average Bonchev–Trinajstić information content (AvgIpc) is 3.37. The van der Waals surface area contributed by atoms with E-state index in [0.29, 0.717) is 23.9 Å². The van der Waals surface area contributed by atoms with Gasteiger partial charge >= 0.3 is 0 Å². The minimum atomic E-state index is -0.462. The normalized spacial score (nSPS) is 15.2. The number of benzene rings is 1. The Kier molecular flexibility index (Phi) is 4.53. The number of aliphatic hydroxyl groups is 1. The van der Waals surface area contributed by atoms with Gasteiger partial charge < -0.3 is 14.7 Å². The summed E-state index contributed by atoms with van der Waals surface area (Å²) in [7, 11) is 3.29. The summed E-state index contributed by atoms with van der Waals surface area (Å²) in [4.78, 5) is 14.1. The molecule has 1 heterocycles. The summed E-state index contributed by atoms with van der Waals surface area (Å²) in [6.45, 7) is 2.13. The number of ether oxygens (including phenoxy) is 1. The number of aromatic nitrogens is 3. The van der Waals surface area contributed by atoms with Crippen LogP contribution in [0.2, 0.25) is 0 Å². The third kappa shape index (κ3) is 3.26. The summed E-state index contributed by atoms with van der Waals surface area (Å²) >= 11 is 0. The molecule has 1 amide bonds. The molecule has 0 bridgehead atoms. The molecule has 1 saturated carbocycles. The number of rotatable bonds is 6. The van der Waals surface area contributed by atoms with Crippen LogP contribution in [0.4, 0.5) is 0 Å². The van der Waals surface area contributed by atoms with Gasteiger partial charge in [-0.15, -0.1) is 5.10 Å². The number of likely N-dealkylation sites (N-methyl/N-ethyl adjacent to an activating group) is 1. The third-order valence-corrected chi connectivity index (χ3v) is 4.39. The van der Waals surface area contributed by atoms with Crippen molar-refractivity contribution in [3.8, 4) is 11.4 Å². The van der Waals surface area contributed by atoms with Crippen molar-refractivity contribution in [3.05, 3.63) is 35.7 Å². The molecule has 1 aliphatic rings. The molecule has 2 aromatic rings. The van der Waals surface area contributed by atoms with Crippen LogP contribution in [0.1, 0.15) is 29.0 Å². The highest BCUT2D eigenvalue weighted by molar-refractivity contribution is 5.93. The molecular formula is C17H22N4O3. The van der Waals surface area contributed by atoms with Gasteiger partial charge in [-0.1, -0.05) is 5.21 Å². The molecule has 3 rings (SSSR count). The van der Waals surface area contributed by atoms with E-state index in [1.54, 1.807) is 18.8 Å². The molecule has 1 aromatic heterocycles. The Labute approximate surface area is 140 Å². The van der Waals surface area contributed by atoms with Gasteiger partial charge in [0, 0.05) is 13.6 Å². The zero-order valence-corrected chi connectivity index (χ0v) is 14.1. The molecule has 24 heavy (non-hydrogen) atoms. The fourth-order valence-corrected chi connectivity index (χ4v) is 2.67. The molecule has 128 valence electrons. The summed E-state index contributed by atoms with van der Waals surface area (Å²) in [5, 5.41) is 18.1. The fraction of sp³-hybridized carbons (Fsp3) is 0.471. The van der Waals surface area contributed by atoms with Gasteiger partial charge in [-0.3, -0.25) is 4.79 Å². The molecular weight excluding hydrogens is 308 g/mol. The Morgan fingerprint density at radius 1 is 1.42 bits per heavy atom. The predicted octanol–water partition coefficient (Wildman–Crippen LogP) is 1.43. The number of nitrogens with zero attached hydrogens (tertiary/aromatic N) is 4. The molecule has 7 heteroatoms. The van der Waals surface area contributed by atoms with Crippen LogP contribution < -0.4 is 4.74 Å². The van der Waals surface area contributed by atoms with Gasteiger partial charge in [0.2, 0.25) is 0 Å². The molecule has 1 fully saturated rings. The van der Waals surface area contributed by atoms with Gasteiger partial charge in [0.1, 0.15) is 5.75 Å². The summed E-state index contributed by atoms with van der Waals surface area (Å²) in [6.07, 6.45) is 1.61. The van der Waals surface area contributed by atoms with Gasteiger partial charge in [-0.2, -0.15) is 0 Å². The van der Waals surface area contributed by atoms with Gasteiger partial charge in [0.25, 0.3) is 5.91 Å². The second-order valence-corrected chi connectivity index (χ2v) is 6.22. The van der Waals surface area contributed by atoms with Crippen molar-refractivity contribution in [3.63, 3.8) is 0 Å². The van der Waals surface area contributed by atoms with E-state index in [0.717, 1.165) is 24.3 Å². The van der Waals surface area contributed by atoms with E-state index < -0.39 is 6.10 Å². The van der Waals surface area contributed by atoms with Crippen LogP contribution in [-0.4, -0.2) is 57.7 Å². The second-order valence-electron chi connectivity index (χ2n) is 6.22. The minimum Gasteiger partial charge on any atom is -0.497 e. The van der Waals surface area contributed by atoms with Crippen molar-refractivity contribution in [2.24, 2.45) is 5.92 Å². The topological polar surface area (TPSA) is 80.5 Å². The summed E-state index contributed by atoms with van der Waals surface area (Å²) in [5.74, 6) is 0.852. The highest BCUT2D eigenvalue weighted by Crippen LogP contribution is 2.32. The Hall–Kier alpha value is -2.41. The fourth-order valence-electron chi connectivity index (χ4n) is 2.67. The number of amides is 1. The zero-order valence-electron chi connectivity index (χ0n) is 14.1. The first-order valence-corrected chi connectivity index (χ1v) is 8.01. The molecule has 0 radical (unpaired) electrons. The van der Waals surface area contributed by atoms with Crippen LogP contribution in [0.5, 0.6) is 5.75 Å². The Morgan fingerprint density at radius 2 is 2.08 bits per heavy atom. The molecule has 1 N–H and O–H groups in total. The lowest BCUT2D eigenvalue weighted by Gasteiger charge is -2.19. The number of hydrogen-bond acceptors (Lipinski definition) is 5.